The Kier molecular flexibility index (Phi) is 4.29. The molecule has 2 aromatic rings. The lowest BCUT2D eigenvalue weighted by Crippen LogP contribution is -2.35. The Bertz CT molecular complexity index is 632. The number of nitrogen functional groups attached to an aromatic ring is 1. The molecule has 1 atom stereocenters. The molecule has 0 aliphatic carbocycles. The van der Waals surface area contributed by atoms with Crippen LogP contribution in [0.25, 0.3) is 10.2 Å². The highest BCUT2D eigenvalue weighted by Crippen LogP contribution is 2.35. The number of carbonyl (C=O) groups is 1. The minimum atomic E-state index is -0.157. The molecule has 0 spiro atoms. The third-order valence-electron chi connectivity index (χ3n) is 3.04. The first-order valence-corrected chi connectivity index (χ1v) is 7.37. The summed E-state index contributed by atoms with van der Waals surface area (Å²) in [5, 5.41) is 8.08. The number of rotatable bonds is 5. The Labute approximate surface area is 121 Å². The van der Waals surface area contributed by atoms with E-state index in [1.54, 1.807) is 4.68 Å². The summed E-state index contributed by atoms with van der Waals surface area (Å²) in [5.74, 6) is -0.157. The number of carbonyl (C=O) groups excluding carboxylic acids is 1. The van der Waals surface area contributed by atoms with Gasteiger partial charge in [-0.3, -0.25) is 9.48 Å². The van der Waals surface area contributed by atoms with Crippen LogP contribution in [0, 0.1) is 6.92 Å². The van der Waals surface area contributed by atoms with E-state index in [2.05, 4.69) is 10.4 Å². The van der Waals surface area contributed by atoms with Gasteiger partial charge in [-0.15, -0.1) is 11.3 Å². The van der Waals surface area contributed by atoms with Gasteiger partial charge in [-0.1, -0.05) is 0 Å². The summed E-state index contributed by atoms with van der Waals surface area (Å²) in [6.07, 6.45) is 0. The van der Waals surface area contributed by atoms with E-state index < -0.39 is 0 Å². The van der Waals surface area contributed by atoms with Crippen molar-refractivity contribution in [3.8, 4) is 0 Å². The molecule has 20 heavy (non-hydrogen) atoms. The van der Waals surface area contributed by atoms with Crippen molar-refractivity contribution in [2.75, 3.05) is 18.9 Å². The Hall–Kier alpha value is -1.60. The molecule has 0 aliphatic heterocycles. The number of fused-ring (bicyclic) bond motifs is 1. The second-order valence-electron chi connectivity index (χ2n) is 4.77. The average molecular weight is 296 g/mol. The lowest BCUT2D eigenvalue weighted by molar-refractivity contribution is 0.0876. The Morgan fingerprint density at radius 3 is 2.90 bits per heavy atom. The topological polar surface area (TPSA) is 82.2 Å². The molecule has 0 fully saturated rings. The van der Waals surface area contributed by atoms with Gasteiger partial charge >= 0.3 is 0 Å². The van der Waals surface area contributed by atoms with Crippen LogP contribution in [0.4, 0.5) is 5.69 Å². The van der Waals surface area contributed by atoms with Crippen molar-refractivity contribution in [2.24, 2.45) is 7.05 Å². The minimum absolute atomic E-state index is 0.0497. The summed E-state index contributed by atoms with van der Waals surface area (Å²) in [5.41, 5.74) is 7.45. The van der Waals surface area contributed by atoms with E-state index in [1.807, 2.05) is 27.8 Å². The number of aryl methyl sites for hydroxylation is 2. The summed E-state index contributed by atoms with van der Waals surface area (Å²) in [6.45, 7) is 6.85. The van der Waals surface area contributed by atoms with Crippen molar-refractivity contribution in [2.45, 2.75) is 26.8 Å². The van der Waals surface area contributed by atoms with E-state index in [9.17, 15) is 4.79 Å². The number of nitrogens with zero attached hydrogens (tertiary/aromatic N) is 2. The molecule has 1 unspecified atom stereocenters. The van der Waals surface area contributed by atoms with E-state index in [-0.39, 0.29) is 11.9 Å². The predicted octanol–water partition coefficient (Wildman–Crippen LogP) is 1.68. The minimum Gasteiger partial charge on any atom is -0.397 e. The third kappa shape index (κ3) is 2.64. The number of thiophene rings is 1. The highest BCUT2D eigenvalue weighted by molar-refractivity contribution is 7.21. The summed E-state index contributed by atoms with van der Waals surface area (Å²) < 4.78 is 7.04. The number of aromatic nitrogens is 2. The largest absolute Gasteiger partial charge is 0.397 e. The molecule has 0 bridgehead atoms. The van der Waals surface area contributed by atoms with Crippen molar-refractivity contribution < 1.29 is 9.53 Å². The SMILES string of the molecule is CCOCC(C)NC(=O)c1sc2c(c(C)nn2C)c1N. The highest BCUT2D eigenvalue weighted by Gasteiger charge is 2.21. The molecule has 0 saturated heterocycles. The number of hydrogen-bond acceptors (Lipinski definition) is 5. The molecule has 0 saturated carbocycles. The molecule has 3 N–H and O–H groups in total. The van der Waals surface area contributed by atoms with Crippen molar-refractivity contribution in [1.82, 2.24) is 15.1 Å². The predicted molar refractivity (Wildman–Crippen MR) is 81.2 cm³/mol. The van der Waals surface area contributed by atoms with Gasteiger partial charge in [-0.25, -0.2) is 0 Å². The fourth-order valence-electron chi connectivity index (χ4n) is 2.12. The van der Waals surface area contributed by atoms with Gasteiger partial charge in [-0.05, 0) is 20.8 Å². The van der Waals surface area contributed by atoms with E-state index >= 15 is 0 Å². The van der Waals surface area contributed by atoms with Crippen LogP contribution in [0.1, 0.15) is 29.2 Å². The molecular weight excluding hydrogens is 276 g/mol. The standard InChI is InChI=1S/C13H20N4O2S/c1-5-19-6-7(2)15-12(18)11-10(14)9-8(3)16-17(4)13(9)20-11/h7H,5-6,14H2,1-4H3,(H,15,18). The number of hydrogen-bond donors (Lipinski definition) is 2. The molecule has 0 aliphatic rings. The van der Waals surface area contributed by atoms with Gasteiger partial charge in [-0.2, -0.15) is 5.10 Å². The molecule has 6 nitrogen and oxygen atoms in total. The summed E-state index contributed by atoms with van der Waals surface area (Å²) in [7, 11) is 1.85. The van der Waals surface area contributed by atoms with Crippen molar-refractivity contribution in [3.05, 3.63) is 10.6 Å². The van der Waals surface area contributed by atoms with Crippen LogP contribution in [0.5, 0.6) is 0 Å². The Morgan fingerprint density at radius 2 is 2.30 bits per heavy atom. The number of nitrogens with one attached hydrogen (secondary N) is 1. The van der Waals surface area contributed by atoms with Crippen LogP contribution >= 0.6 is 11.3 Å². The highest BCUT2D eigenvalue weighted by atomic mass is 32.1. The van der Waals surface area contributed by atoms with Gasteiger partial charge in [0.05, 0.1) is 23.4 Å². The van der Waals surface area contributed by atoms with Gasteiger partial charge in [0.1, 0.15) is 9.71 Å². The zero-order chi connectivity index (χ0) is 14.9. The first-order chi connectivity index (χ1) is 9.45. The van der Waals surface area contributed by atoms with E-state index in [4.69, 9.17) is 10.5 Å². The molecule has 2 rings (SSSR count). The van der Waals surface area contributed by atoms with Crippen LogP contribution in [-0.2, 0) is 11.8 Å². The van der Waals surface area contributed by atoms with Crippen molar-refractivity contribution in [1.29, 1.82) is 0 Å². The molecule has 0 radical (unpaired) electrons. The smallest absolute Gasteiger partial charge is 0.263 e. The second-order valence-corrected chi connectivity index (χ2v) is 5.77. The van der Waals surface area contributed by atoms with Gasteiger partial charge in [0.2, 0.25) is 0 Å². The fraction of sp³-hybridized carbons (Fsp3) is 0.538. The first kappa shape index (κ1) is 14.8. The van der Waals surface area contributed by atoms with Gasteiger partial charge in [0.25, 0.3) is 5.91 Å². The quantitative estimate of drug-likeness (QED) is 0.879. The lowest BCUT2D eigenvalue weighted by atomic mass is 10.2. The molecule has 110 valence electrons. The van der Waals surface area contributed by atoms with Crippen LogP contribution in [0.15, 0.2) is 0 Å². The number of ether oxygens (including phenoxy) is 1. The van der Waals surface area contributed by atoms with Crippen LogP contribution < -0.4 is 11.1 Å². The second kappa shape index (κ2) is 5.80. The normalized spacial score (nSPS) is 12.8. The maximum Gasteiger partial charge on any atom is 0.263 e. The van der Waals surface area contributed by atoms with E-state index in [0.717, 1.165) is 15.9 Å². The number of anilines is 1. The maximum absolute atomic E-state index is 12.3. The molecule has 0 aromatic carbocycles. The maximum atomic E-state index is 12.3. The summed E-state index contributed by atoms with van der Waals surface area (Å²) in [4.78, 5) is 13.7. The monoisotopic (exact) mass is 296 g/mol. The number of nitrogens with two attached hydrogens (primary N) is 1. The Morgan fingerprint density at radius 1 is 1.60 bits per heavy atom. The Balaban J connectivity index is 2.22. The zero-order valence-corrected chi connectivity index (χ0v) is 13.0. The first-order valence-electron chi connectivity index (χ1n) is 6.55. The van der Waals surface area contributed by atoms with Crippen LogP contribution in [0.2, 0.25) is 0 Å². The summed E-state index contributed by atoms with van der Waals surface area (Å²) in [6, 6.07) is -0.0497. The zero-order valence-electron chi connectivity index (χ0n) is 12.2. The fourth-order valence-corrected chi connectivity index (χ4v) is 3.21. The number of amides is 1. The lowest BCUT2D eigenvalue weighted by Gasteiger charge is -2.13. The van der Waals surface area contributed by atoms with E-state index in [1.165, 1.54) is 11.3 Å². The van der Waals surface area contributed by atoms with Gasteiger partial charge < -0.3 is 15.8 Å². The summed E-state index contributed by atoms with van der Waals surface area (Å²) >= 11 is 1.37. The molecule has 2 heterocycles. The third-order valence-corrected chi connectivity index (χ3v) is 4.31. The van der Waals surface area contributed by atoms with Gasteiger partial charge in [0, 0.05) is 19.7 Å². The molecule has 7 heteroatoms. The van der Waals surface area contributed by atoms with Crippen molar-refractivity contribution in [3.63, 3.8) is 0 Å². The molecular formula is C13H20N4O2S. The molecule has 2 aromatic heterocycles. The van der Waals surface area contributed by atoms with Crippen molar-refractivity contribution >= 4 is 33.1 Å². The van der Waals surface area contributed by atoms with E-state index in [0.29, 0.717) is 23.8 Å². The van der Waals surface area contributed by atoms with Crippen LogP contribution in [-0.4, -0.2) is 34.9 Å². The average Bonchev–Trinajstić information content (AvgIpc) is 2.87. The van der Waals surface area contributed by atoms with Crippen LogP contribution in [0.3, 0.4) is 0 Å². The van der Waals surface area contributed by atoms with Gasteiger partial charge in [0.15, 0.2) is 0 Å². The molecule has 1 amide bonds.